The average Bonchev–Trinajstić information content (AvgIpc) is 3.31. The molecule has 1 saturated carbocycles. The Kier molecular flexibility index (Phi) is 9.01. The smallest absolute Gasteiger partial charge is 0.335 e. The van der Waals surface area contributed by atoms with E-state index in [2.05, 4.69) is 12.2 Å². The van der Waals surface area contributed by atoms with Gasteiger partial charge in [-0.3, -0.25) is 9.59 Å². The predicted molar refractivity (Wildman–Crippen MR) is 137 cm³/mol. The van der Waals surface area contributed by atoms with Gasteiger partial charge in [-0.05, 0) is 106 Å². The largest absolute Gasteiger partial charge is 0.478 e. The molecule has 4 N–H and O–H groups in total. The minimum Gasteiger partial charge on any atom is -0.478 e. The second kappa shape index (κ2) is 12.2. The van der Waals surface area contributed by atoms with E-state index in [9.17, 15) is 14.4 Å². The van der Waals surface area contributed by atoms with Crippen LogP contribution in [0.15, 0.2) is 24.3 Å². The molecular formula is C28H41N3O5. The number of nitrogens with one attached hydrogen (secondary N) is 1. The Morgan fingerprint density at radius 2 is 1.78 bits per heavy atom. The summed E-state index contributed by atoms with van der Waals surface area (Å²) in [7, 11) is 0. The monoisotopic (exact) mass is 499 g/mol. The molecule has 0 spiro atoms. The van der Waals surface area contributed by atoms with Crippen molar-refractivity contribution in [1.29, 1.82) is 0 Å². The first-order chi connectivity index (χ1) is 17.4. The Hall–Kier alpha value is -2.45. The molecule has 2 aliphatic heterocycles. The van der Waals surface area contributed by atoms with E-state index in [0.29, 0.717) is 43.0 Å². The van der Waals surface area contributed by atoms with Gasteiger partial charge in [0, 0.05) is 31.4 Å². The third kappa shape index (κ3) is 6.27. The van der Waals surface area contributed by atoms with Crippen LogP contribution in [0, 0.1) is 29.6 Å². The first-order valence-corrected chi connectivity index (χ1v) is 13.6. The van der Waals surface area contributed by atoms with Gasteiger partial charge in [-0.2, -0.15) is 0 Å². The van der Waals surface area contributed by atoms with Crippen LogP contribution in [-0.2, 0) is 14.3 Å². The number of carboxylic acid groups (broad SMARTS) is 1. The topological polar surface area (TPSA) is 122 Å². The van der Waals surface area contributed by atoms with Crippen LogP contribution in [0.25, 0.3) is 0 Å². The Morgan fingerprint density at radius 3 is 2.44 bits per heavy atom. The Balaban J connectivity index is 1.50. The van der Waals surface area contributed by atoms with Gasteiger partial charge in [0.1, 0.15) is 6.04 Å². The maximum atomic E-state index is 13.7. The SMILES string of the molecule is CC1CCOCCCC1C1CC(C(=O)Nc2ccc(C(=O)O)cc2)N(C(=O)C2CCC(CN)CC2)C1. The highest BCUT2D eigenvalue weighted by Gasteiger charge is 2.45. The number of carbonyl (C=O) groups is 3. The molecule has 4 rings (SSSR count). The second-order valence-corrected chi connectivity index (χ2v) is 11.0. The Morgan fingerprint density at radius 1 is 1.06 bits per heavy atom. The van der Waals surface area contributed by atoms with Crippen LogP contribution in [0.5, 0.6) is 0 Å². The molecular weight excluding hydrogens is 458 g/mol. The van der Waals surface area contributed by atoms with Crippen molar-refractivity contribution in [3.63, 3.8) is 0 Å². The number of rotatable bonds is 6. The second-order valence-electron chi connectivity index (χ2n) is 11.0. The summed E-state index contributed by atoms with van der Waals surface area (Å²) in [6, 6.07) is 5.65. The number of nitrogens with zero attached hydrogens (tertiary/aromatic N) is 1. The lowest BCUT2D eigenvalue weighted by molar-refractivity contribution is -0.141. The van der Waals surface area contributed by atoms with Crippen LogP contribution in [0.4, 0.5) is 5.69 Å². The molecule has 0 radical (unpaired) electrons. The number of amides is 2. The average molecular weight is 500 g/mol. The van der Waals surface area contributed by atoms with E-state index in [1.165, 1.54) is 12.1 Å². The zero-order valence-corrected chi connectivity index (χ0v) is 21.4. The van der Waals surface area contributed by atoms with Crippen molar-refractivity contribution in [1.82, 2.24) is 4.90 Å². The molecule has 4 unspecified atom stereocenters. The molecule has 2 amide bonds. The normalized spacial score (nSPS) is 31.3. The first kappa shape index (κ1) is 26.6. The molecule has 1 aromatic carbocycles. The van der Waals surface area contributed by atoms with Crippen LogP contribution in [-0.4, -0.2) is 60.1 Å². The molecule has 4 atom stereocenters. The van der Waals surface area contributed by atoms with Gasteiger partial charge in [0.05, 0.1) is 5.56 Å². The van der Waals surface area contributed by atoms with Gasteiger partial charge in [-0.15, -0.1) is 0 Å². The number of likely N-dealkylation sites (tertiary alicyclic amines) is 1. The van der Waals surface area contributed by atoms with Crippen molar-refractivity contribution < 1.29 is 24.2 Å². The van der Waals surface area contributed by atoms with Crippen molar-refractivity contribution in [2.24, 2.45) is 35.3 Å². The number of hydrogen-bond donors (Lipinski definition) is 3. The molecule has 3 fully saturated rings. The number of nitrogens with two attached hydrogens (primary N) is 1. The number of ether oxygens (including phenoxy) is 1. The number of aromatic carboxylic acids is 1. The Labute approximate surface area is 213 Å². The van der Waals surface area contributed by atoms with Gasteiger partial charge >= 0.3 is 5.97 Å². The van der Waals surface area contributed by atoms with Crippen LogP contribution in [0.2, 0.25) is 0 Å². The molecule has 0 aromatic heterocycles. The summed E-state index contributed by atoms with van der Waals surface area (Å²) in [5.74, 6) is 0.593. The van der Waals surface area contributed by atoms with E-state index in [4.69, 9.17) is 15.6 Å². The predicted octanol–water partition coefficient (Wildman–Crippen LogP) is 3.76. The molecule has 1 aromatic rings. The molecule has 2 heterocycles. The van der Waals surface area contributed by atoms with Crippen molar-refractivity contribution in [3.05, 3.63) is 29.8 Å². The van der Waals surface area contributed by atoms with E-state index in [-0.39, 0.29) is 29.2 Å². The van der Waals surface area contributed by atoms with Crippen molar-refractivity contribution in [2.45, 2.75) is 64.3 Å². The molecule has 36 heavy (non-hydrogen) atoms. The summed E-state index contributed by atoms with van der Waals surface area (Å²) < 4.78 is 5.69. The fourth-order valence-electron chi connectivity index (χ4n) is 6.46. The van der Waals surface area contributed by atoms with Gasteiger partial charge in [0.25, 0.3) is 0 Å². The fraction of sp³-hybridized carbons (Fsp3) is 0.679. The maximum Gasteiger partial charge on any atom is 0.335 e. The van der Waals surface area contributed by atoms with Gasteiger partial charge in [-0.1, -0.05) is 6.92 Å². The highest BCUT2D eigenvalue weighted by molar-refractivity contribution is 5.98. The third-order valence-corrected chi connectivity index (χ3v) is 8.73. The zero-order valence-electron chi connectivity index (χ0n) is 21.4. The lowest BCUT2D eigenvalue weighted by Crippen LogP contribution is -2.46. The van der Waals surface area contributed by atoms with Gasteiger partial charge in [0.2, 0.25) is 11.8 Å². The molecule has 8 heteroatoms. The van der Waals surface area contributed by atoms with E-state index >= 15 is 0 Å². The first-order valence-electron chi connectivity index (χ1n) is 13.6. The summed E-state index contributed by atoms with van der Waals surface area (Å²) in [5, 5.41) is 12.1. The number of anilines is 1. The summed E-state index contributed by atoms with van der Waals surface area (Å²) >= 11 is 0. The molecule has 0 bridgehead atoms. The highest BCUT2D eigenvalue weighted by Crippen LogP contribution is 2.40. The minimum atomic E-state index is -1.01. The summed E-state index contributed by atoms with van der Waals surface area (Å²) in [6.07, 6.45) is 7.35. The van der Waals surface area contributed by atoms with E-state index in [1.54, 1.807) is 12.1 Å². The minimum absolute atomic E-state index is 0.0418. The van der Waals surface area contributed by atoms with Crippen molar-refractivity contribution >= 4 is 23.5 Å². The van der Waals surface area contributed by atoms with Gasteiger partial charge in [-0.25, -0.2) is 4.79 Å². The van der Waals surface area contributed by atoms with Gasteiger partial charge in [0.15, 0.2) is 0 Å². The zero-order chi connectivity index (χ0) is 25.7. The number of hydrogen-bond acceptors (Lipinski definition) is 5. The molecule has 1 aliphatic carbocycles. The van der Waals surface area contributed by atoms with Crippen molar-refractivity contribution in [3.8, 4) is 0 Å². The standard InChI is InChI=1S/C28H41N3O5/c1-18-12-14-36-13-2-3-24(18)22-15-25(26(32)30-23-10-8-21(9-11-23)28(34)35)31(17-22)27(33)20-6-4-19(16-29)5-7-20/h8-11,18-20,22,24-25H,2-7,12-17,29H2,1H3,(H,30,32)(H,34,35). The lowest BCUT2D eigenvalue weighted by Gasteiger charge is -2.33. The lowest BCUT2D eigenvalue weighted by atomic mass is 9.76. The molecule has 3 aliphatic rings. The molecule has 198 valence electrons. The number of benzene rings is 1. The third-order valence-electron chi connectivity index (χ3n) is 8.73. The Bertz CT molecular complexity index is 912. The van der Waals surface area contributed by atoms with Gasteiger partial charge < -0.3 is 25.8 Å². The summed E-state index contributed by atoms with van der Waals surface area (Å²) in [6.45, 7) is 5.12. The van der Waals surface area contributed by atoms with Crippen LogP contribution >= 0.6 is 0 Å². The summed E-state index contributed by atoms with van der Waals surface area (Å²) in [5.41, 5.74) is 6.57. The quantitative estimate of drug-likeness (QED) is 0.548. The van der Waals surface area contributed by atoms with Crippen molar-refractivity contribution in [2.75, 3.05) is 31.6 Å². The summed E-state index contributed by atoms with van der Waals surface area (Å²) in [4.78, 5) is 40.3. The number of carboxylic acids is 1. The highest BCUT2D eigenvalue weighted by atomic mass is 16.5. The molecule has 2 saturated heterocycles. The molecule has 8 nitrogen and oxygen atoms in total. The van der Waals surface area contributed by atoms with Crippen LogP contribution in [0.3, 0.4) is 0 Å². The van der Waals surface area contributed by atoms with Crippen LogP contribution < -0.4 is 11.1 Å². The maximum absolute atomic E-state index is 13.7. The van der Waals surface area contributed by atoms with E-state index in [0.717, 1.165) is 58.2 Å². The van der Waals surface area contributed by atoms with E-state index in [1.807, 2.05) is 4.90 Å². The van der Waals surface area contributed by atoms with E-state index < -0.39 is 12.0 Å². The fourth-order valence-corrected chi connectivity index (χ4v) is 6.46. The van der Waals surface area contributed by atoms with Crippen LogP contribution in [0.1, 0.15) is 68.6 Å². The number of carbonyl (C=O) groups excluding carboxylic acids is 2.